The lowest BCUT2D eigenvalue weighted by atomic mass is 10.00. The maximum Gasteiger partial charge on any atom is 0.472 e. The molecule has 0 aliphatic rings. The normalized spacial score (nSPS) is 14.3. The van der Waals surface area contributed by atoms with Crippen LogP contribution in [0.15, 0.2) is 0 Å². The molecule has 3 unspecified atom stereocenters. The zero-order valence-electron chi connectivity index (χ0n) is 65.1. The number of phosphoric acid groups is 2. The maximum absolute atomic E-state index is 13.1. The molecule has 0 amide bonds. The zero-order valence-corrected chi connectivity index (χ0v) is 66.9. The lowest BCUT2D eigenvalue weighted by Crippen LogP contribution is -2.30. The second-order valence-corrected chi connectivity index (χ2v) is 33.4. The van der Waals surface area contributed by atoms with Crippen molar-refractivity contribution < 1.29 is 80.2 Å². The second-order valence-electron chi connectivity index (χ2n) is 30.5. The Morgan fingerprint density at radius 2 is 0.485 bits per heavy atom. The van der Waals surface area contributed by atoms with Crippen LogP contribution >= 0.6 is 15.6 Å². The first-order chi connectivity index (χ1) is 47.6. The van der Waals surface area contributed by atoms with Crippen LogP contribution < -0.4 is 0 Å². The largest absolute Gasteiger partial charge is 0.472 e. The van der Waals surface area contributed by atoms with E-state index in [1.807, 2.05) is 0 Å². The highest BCUT2D eigenvalue weighted by Crippen LogP contribution is 2.45. The lowest BCUT2D eigenvalue weighted by molar-refractivity contribution is -0.161. The van der Waals surface area contributed by atoms with Gasteiger partial charge in [0.1, 0.15) is 19.3 Å². The van der Waals surface area contributed by atoms with Gasteiger partial charge in [0.15, 0.2) is 12.2 Å². The summed E-state index contributed by atoms with van der Waals surface area (Å²) in [6.07, 6.45) is 55.9. The molecule has 0 saturated carbocycles. The topological polar surface area (TPSA) is 237 Å². The van der Waals surface area contributed by atoms with Gasteiger partial charge in [0, 0.05) is 25.7 Å². The molecule has 17 nitrogen and oxygen atoms in total. The Hall–Kier alpha value is -1.94. The van der Waals surface area contributed by atoms with Crippen molar-refractivity contribution in [3.05, 3.63) is 0 Å². The van der Waals surface area contributed by atoms with E-state index >= 15 is 0 Å². The van der Waals surface area contributed by atoms with E-state index in [9.17, 15) is 43.2 Å². The van der Waals surface area contributed by atoms with Gasteiger partial charge in [-0.25, -0.2) is 9.13 Å². The van der Waals surface area contributed by atoms with Crippen LogP contribution in [0.5, 0.6) is 0 Å². The standard InChI is InChI=1S/C80H156O17P2/c1-9-73(8)59-51-43-37-39-47-55-63-80(85)97-76(67-91-78(83)61-53-45-38-36-42-50-58-72(6)7)69-95-99(88,89)93-65-74(81)64-92-98(86,87)94-68-75(96-79(84)62-54-46-35-31-27-23-19-15-14-17-21-25-29-33-41-49-57-71(4)5)66-90-77(82)60-52-44-34-30-26-22-18-13-11-10-12-16-20-24-28-32-40-48-56-70(2)3/h70-76,81H,9-69H2,1-8H3,(H,86,87)(H,88,89)/t73?,74-,75-,76-/m1/s1. The average Bonchev–Trinajstić information content (AvgIpc) is 0.972. The summed E-state index contributed by atoms with van der Waals surface area (Å²) in [5.41, 5.74) is 0. The number of esters is 4. The smallest absolute Gasteiger partial charge is 0.462 e. The number of unbranched alkanes of at least 4 members (excludes halogenated alkanes) is 42. The van der Waals surface area contributed by atoms with Gasteiger partial charge in [0.2, 0.25) is 0 Å². The van der Waals surface area contributed by atoms with Crippen LogP contribution in [-0.4, -0.2) is 96.7 Å². The first-order valence-electron chi connectivity index (χ1n) is 41.2. The fraction of sp³-hybridized carbons (Fsp3) is 0.950. The van der Waals surface area contributed by atoms with E-state index in [0.29, 0.717) is 31.6 Å². The highest BCUT2D eigenvalue weighted by atomic mass is 31.2. The molecule has 0 radical (unpaired) electrons. The van der Waals surface area contributed by atoms with Gasteiger partial charge in [-0.3, -0.25) is 37.3 Å². The Balaban J connectivity index is 5.18. The molecule has 0 heterocycles. The van der Waals surface area contributed by atoms with Crippen molar-refractivity contribution in [2.45, 2.75) is 427 Å². The van der Waals surface area contributed by atoms with Crippen molar-refractivity contribution in [3.8, 4) is 0 Å². The lowest BCUT2D eigenvalue weighted by Gasteiger charge is -2.21. The van der Waals surface area contributed by atoms with Crippen molar-refractivity contribution in [2.75, 3.05) is 39.6 Å². The minimum Gasteiger partial charge on any atom is -0.462 e. The van der Waals surface area contributed by atoms with Crippen molar-refractivity contribution in [3.63, 3.8) is 0 Å². The van der Waals surface area contributed by atoms with Crippen LogP contribution in [0.3, 0.4) is 0 Å². The Morgan fingerprint density at radius 3 is 0.717 bits per heavy atom. The molecule has 99 heavy (non-hydrogen) atoms. The van der Waals surface area contributed by atoms with Gasteiger partial charge in [0.25, 0.3) is 0 Å². The van der Waals surface area contributed by atoms with Gasteiger partial charge in [0.05, 0.1) is 26.4 Å². The highest BCUT2D eigenvalue weighted by molar-refractivity contribution is 7.47. The number of carbonyl (C=O) groups is 4. The van der Waals surface area contributed by atoms with Gasteiger partial charge in [-0.05, 0) is 49.4 Å². The van der Waals surface area contributed by atoms with E-state index in [-0.39, 0.29) is 25.7 Å². The van der Waals surface area contributed by atoms with Gasteiger partial charge >= 0.3 is 39.5 Å². The average molecular weight is 1450 g/mol. The van der Waals surface area contributed by atoms with Crippen molar-refractivity contribution in [1.29, 1.82) is 0 Å². The number of carbonyl (C=O) groups excluding carboxylic acids is 4. The Bertz CT molecular complexity index is 1940. The summed E-state index contributed by atoms with van der Waals surface area (Å²) in [4.78, 5) is 72.8. The Labute approximate surface area is 607 Å². The number of hydrogen-bond acceptors (Lipinski definition) is 15. The number of aliphatic hydroxyl groups is 1. The molecule has 0 aliphatic heterocycles. The summed E-state index contributed by atoms with van der Waals surface area (Å²) in [7, 11) is -9.92. The van der Waals surface area contributed by atoms with Crippen LogP contribution in [0.4, 0.5) is 0 Å². The quantitative estimate of drug-likeness (QED) is 0.0222. The minimum absolute atomic E-state index is 0.102. The molecular formula is C80H156O17P2. The van der Waals surface area contributed by atoms with Gasteiger partial charge < -0.3 is 33.8 Å². The molecule has 0 fully saturated rings. The molecule has 0 aromatic rings. The first kappa shape index (κ1) is 97.1. The molecule has 3 N–H and O–H groups in total. The summed E-state index contributed by atoms with van der Waals surface area (Å²) in [6, 6.07) is 0. The zero-order chi connectivity index (χ0) is 73.1. The van der Waals surface area contributed by atoms with Crippen LogP contribution in [0.2, 0.25) is 0 Å². The molecule has 0 rings (SSSR count). The fourth-order valence-corrected chi connectivity index (χ4v) is 13.8. The molecule has 6 atom stereocenters. The highest BCUT2D eigenvalue weighted by Gasteiger charge is 2.30. The van der Waals surface area contributed by atoms with Gasteiger partial charge in [-0.1, -0.05) is 357 Å². The van der Waals surface area contributed by atoms with Crippen molar-refractivity contribution in [1.82, 2.24) is 0 Å². The molecule has 588 valence electrons. The molecule has 0 spiro atoms. The summed E-state index contributed by atoms with van der Waals surface area (Å²) in [5.74, 6) is 0.910. The number of aliphatic hydroxyl groups excluding tert-OH is 1. The van der Waals surface area contributed by atoms with Gasteiger partial charge in [-0.15, -0.1) is 0 Å². The molecule has 0 aromatic carbocycles. The third-order valence-electron chi connectivity index (χ3n) is 18.9. The molecule has 0 aromatic heterocycles. The van der Waals surface area contributed by atoms with Crippen molar-refractivity contribution >= 4 is 39.5 Å². The van der Waals surface area contributed by atoms with Crippen LogP contribution in [-0.2, 0) is 65.4 Å². The van der Waals surface area contributed by atoms with Gasteiger partial charge in [-0.2, -0.15) is 0 Å². The van der Waals surface area contributed by atoms with E-state index in [2.05, 4.69) is 55.4 Å². The summed E-state index contributed by atoms with van der Waals surface area (Å²) < 4.78 is 68.6. The summed E-state index contributed by atoms with van der Waals surface area (Å²) in [6.45, 7) is 14.2. The van der Waals surface area contributed by atoms with E-state index in [4.69, 9.17) is 37.0 Å². The van der Waals surface area contributed by atoms with E-state index in [0.717, 1.165) is 114 Å². The number of rotatable bonds is 77. The number of phosphoric ester groups is 2. The molecule has 0 aliphatic carbocycles. The molecular weight excluding hydrogens is 1290 g/mol. The van der Waals surface area contributed by atoms with E-state index in [1.165, 1.54) is 205 Å². The summed E-state index contributed by atoms with van der Waals surface area (Å²) in [5, 5.41) is 10.6. The third-order valence-corrected chi connectivity index (χ3v) is 20.8. The molecule has 19 heteroatoms. The molecule has 0 saturated heterocycles. The second kappa shape index (κ2) is 69.1. The van der Waals surface area contributed by atoms with E-state index in [1.54, 1.807) is 0 Å². The Kier molecular flexibility index (Phi) is 67.8. The van der Waals surface area contributed by atoms with Crippen molar-refractivity contribution in [2.24, 2.45) is 23.7 Å². The summed E-state index contributed by atoms with van der Waals surface area (Å²) >= 11 is 0. The minimum atomic E-state index is -4.96. The predicted molar refractivity (Wildman–Crippen MR) is 404 cm³/mol. The maximum atomic E-state index is 13.1. The first-order valence-corrected chi connectivity index (χ1v) is 44.2. The van der Waals surface area contributed by atoms with E-state index < -0.39 is 97.5 Å². The number of ether oxygens (including phenoxy) is 4. The third kappa shape index (κ3) is 72.8. The fourth-order valence-electron chi connectivity index (χ4n) is 12.2. The van der Waals surface area contributed by atoms with Crippen LogP contribution in [0.1, 0.15) is 409 Å². The monoisotopic (exact) mass is 1450 g/mol. The molecule has 0 bridgehead atoms. The van der Waals surface area contributed by atoms with Crippen LogP contribution in [0.25, 0.3) is 0 Å². The Morgan fingerprint density at radius 1 is 0.283 bits per heavy atom. The SMILES string of the molecule is CCC(C)CCCCCCCCC(=O)O[C@H](COC(=O)CCCCCCCCC(C)C)COP(=O)(O)OC[C@H](O)COP(=O)(O)OC[C@@H](COC(=O)CCCCCCCCCCCCCCCCCCCCC(C)C)OC(=O)CCCCCCCCCCCCCCCCCCC(C)C. The van der Waals surface area contributed by atoms with Crippen LogP contribution in [0, 0.1) is 23.7 Å². The number of hydrogen-bond donors (Lipinski definition) is 3. The predicted octanol–water partition coefficient (Wildman–Crippen LogP) is 23.6.